The Hall–Kier alpha value is -2.76. The van der Waals surface area contributed by atoms with Crippen molar-refractivity contribution in [2.24, 2.45) is 0 Å². The van der Waals surface area contributed by atoms with Gasteiger partial charge in [0.05, 0.1) is 14.2 Å². The molecule has 0 fully saturated rings. The van der Waals surface area contributed by atoms with Crippen molar-refractivity contribution in [1.82, 2.24) is 5.32 Å². The Kier molecular flexibility index (Phi) is 9.61. The molecule has 0 spiro atoms. The minimum absolute atomic E-state index is 0.171. The molecule has 6 heteroatoms. The number of rotatable bonds is 12. The summed E-state index contributed by atoms with van der Waals surface area (Å²) in [6.45, 7) is 4.00. The van der Waals surface area contributed by atoms with Crippen LogP contribution in [0, 0.1) is 0 Å². The van der Waals surface area contributed by atoms with Crippen LogP contribution >= 0.6 is 0 Å². The van der Waals surface area contributed by atoms with Crippen LogP contribution in [-0.4, -0.2) is 37.7 Å². The third-order valence-corrected chi connectivity index (χ3v) is 3.85. The minimum atomic E-state index is -0.926. The van der Waals surface area contributed by atoms with Crippen LogP contribution < -0.4 is 14.8 Å². The lowest BCUT2D eigenvalue weighted by Gasteiger charge is -2.08. The van der Waals surface area contributed by atoms with Gasteiger partial charge in [0.25, 0.3) is 0 Å². The molecule has 0 unspecified atom stereocenters. The summed E-state index contributed by atoms with van der Waals surface area (Å²) in [6, 6.07) is 5.28. The number of unbranched alkanes of at least 4 members (excludes halogenated alkanes) is 3. The van der Waals surface area contributed by atoms with Gasteiger partial charge in [0.15, 0.2) is 0 Å². The lowest BCUT2D eigenvalue weighted by molar-refractivity contribution is -0.132. The first-order valence-electron chi connectivity index (χ1n) is 8.57. The Balaban J connectivity index is 2.56. The quantitative estimate of drug-likeness (QED) is 0.440. The maximum absolute atomic E-state index is 11.5. The van der Waals surface area contributed by atoms with Crippen LogP contribution in [0.1, 0.15) is 37.7 Å². The molecule has 2 N–H and O–H groups in total. The SMILES string of the molecule is C=CC(=O)NCCCCCC/C(=C\c1cc(OC)cc(OC)c1)C(=O)O. The highest BCUT2D eigenvalue weighted by molar-refractivity contribution is 5.92. The average Bonchev–Trinajstić information content (AvgIpc) is 2.65. The van der Waals surface area contributed by atoms with E-state index in [-0.39, 0.29) is 5.91 Å². The smallest absolute Gasteiger partial charge is 0.331 e. The van der Waals surface area contributed by atoms with Gasteiger partial charge in [-0.3, -0.25) is 4.79 Å². The fourth-order valence-corrected chi connectivity index (χ4v) is 2.43. The molecule has 0 aliphatic rings. The molecule has 142 valence electrons. The van der Waals surface area contributed by atoms with Crippen molar-refractivity contribution < 1.29 is 24.2 Å². The second-order valence-corrected chi connectivity index (χ2v) is 5.78. The molecule has 1 amide bonds. The van der Waals surface area contributed by atoms with Crippen molar-refractivity contribution in [3.8, 4) is 11.5 Å². The van der Waals surface area contributed by atoms with Gasteiger partial charge in [-0.05, 0) is 49.1 Å². The molecule has 0 bridgehead atoms. The van der Waals surface area contributed by atoms with Gasteiger partial charge >= 0.3 is 5.97 Å². The summed E-state index contributed by atoms with van der Waals surface area (Å²) in [7, 11) is 3.11. The van der Waals surface area contributed by atoms with E-state index in [1.165, 1.54) is 6.08 Å². The van der Waals surface area contributed by atoms with Gasteiger partial charge in [-0.25, -0.2) is 4.79 Å². The summed E-state index contributed by atoms with van der Waals surface area (Å²) in [5.41, 5.74) is 1.08. The Morgan fingerprint density at radius 3 is 2.23 bits per heavy atom. The van der Waals surface area contributed by atoms with Gasteiger partial charge in [-0.15, -0.1) is 0 Å². The van der Waals surface area contributed by atoms with Crippen molar-refractivity contribution in [2.75, 3.05) is 20.8 Å². The summed E-state index contributed by atoms with van der Waals surface area (Å²) in [5.74, 6) is 0.128. The molecule has 1 aromatic carbocycles. The first-order chi connectivity index (χ1) is 12.5. The topological polar surface area (TPSA) is 84.9 Å². The van der Waals surface area contributed by atoms with E-state index in [0.29, 0.717) is 30.0 Å². The van der Waals surface area contributed by atoms with Crippen molar-refractivity contribution in [3.63, 3.8) is 0 Å². The van der Waals surface area contributed by atoms with E-state index in [1.54, 1.807) is 38.5 Å². The molecule has 0 saturated carbocycles. The molecule has 0 atom stereocenters. The van der Waals surface area contributed by atoms with E-state index in [4.69, 9.17) is 9.47 Å². The maximum Gasteiger partial charge on any atom is 0.331 e. The van der Waals surface area contributed by atoms with Crippen LogP contribution in [0.2, 0.25) is 0 Å². The number of amides is 1. The number of hydrogen-bond donors (Lipinski definition) is 2. The number of nitrogens with one attached hydrogen (secondary N) is 1. The van der Waals surface area contributed by atoms with Crippen LogP contribution in [-0.2, 0) is 9.59 Å². The zero-order chi connectivity index (χ0) is 19.4. The lowest BCUT2D eigenvalue weighted by atomic mass is 10.0. The number of carbonyl (C=O) groups excluding carboxylic acids is 1. The van der Waals surface area contributed by atoms with Crippen molar-refractivity contribution in [1.29, 1.82) is 0 Å². The van der Waals surface area contributed by atoms with E-state index in [2.05, 4.69) is 11.9 Å². The number of methoxy groups -OCH3 is 2. The molecule has 26 heavy (non-hydrogen) atoms. The maximum atomic E-state index is 11.5. The number of carbonyl (C=O) groups is 2. The number of ether oxygens (including phenoxy) is 2. The monoisotopic (exact) mass is 361 g/mol. The first-order valence-corrected chi connectivity index (χ1v) is 8.57. The highest BCUT2D eigenvalue weighted by atomic mass is 16.5. The van der Waals surface area contributed by atoms with Gasteiger partial charge in [0.2, 0.25) is 5.91 Å². The van der Waals surface area contributed by atoms with E-state index < -0.39 is 5.97 Å². The molecule has 0 aliphatic heterocycles. The van der Waals surface area contributed by atoms with E-state index in [0.717, 1.165) is 31.2 Å². The lowest BCUT2D eigenvalue weighted by Crippen LogP contribution is -2.21. The molecule has 0 aliphatic carbocycles. The Morgan fingerprint density at radius 2 is 1.69 bits per heavy atom. The summed E-state index contributed by atoms with van der Waals surface area (Å²) in [5, 5.41) is 12.1. The van der Waals surface area contributed by atoms with Crippen molar-refractivity contribution >= 4 is 18.0 Å². The summed E-state index contributed by atoms with van der Waals surface area (Å²) < 4.78 is 10.4. The van der Waals surface area contributed by atoms with Crippen LogP contribution in [0.5, 0.6) is 11.5 Å². The van der Waals surface area contributed by atoms with Crippen LogP contribution in [0.4, 0.5) is 0 Å². The van der Waals surface area contributed by atoms with Gasteiger partial charge < -0.3 is 19.9 Å². The third-order valence-electron chi connectivity index (χ3n) is 3.85. The van der Waals surface area contributed by atoms with Gasteiger partial charge in [-0.1, -0.05) is 19.4 Å². The second-order valence-electron chi connectivity index (χ2n) is 5.78. The molecule has 0 radical (unpaired) electrons. The standard InChI is InChI=1S/C20H27NO5/c1-4-19(22)21-10-8-6-5-7-9-16(20(23)24)11-15-12-17(25-2)14-18(13-15)26-3/h4,11-14H,1,5-10H2,2-3H3,(H,21,22)(H,23,24)/b16-11+. The zero-order valence-electron chi connectivity index (χ0n) is 15.4. The molecule has 0 aromatic heterocycles. The first kappa shape index (κ1) is 21.3. The highest BCUT2D eigenvalue weighted by Crippen LogP contribution is 2.25. The summed E-state index contributed by atoms with van der Waals surface area (Å²) in [6.07, 6.45) is 6.84. The number of hydrogen-bond acceptors (Lipinski definition) is 4. The molecule has 0 heterocycles. The van der Waals surface area contributed by atoms with Gasteiger partial charge in [0, 0.05) is 18.2 Å². The van der Waals surface area contributed by atoms with Gasteiger partial charge in [0.1, 0.15) is 11.5 Å². The van der Waals surface area contributed by atoms with Crippen LogP contribution in [0.15, 0.2) is 36.4 Å². The minimum Gasteiger partial charge on any atom is -0.497 e. The normalized spacial score (nSPS) is 10.9. The average molecular weight is 361 g/mol. The fraction of sp³-hybridized carbons (Fsp3) is 0.400. The second kappa shape index (κ2) is 11.7. The molecule has 6 nitrogen and oxygen atoms in total. The molecular formula is C20H27NO5. The van der Waals surface area contributed by atoms with Crippen LogP contribution in [0.3, 0.4) is 0 Å². The predicted molar refractivity (Wildman–Crippen MR) is 101 cm³/mol. The fourth-order valence-electron chi connectivity index (χ4n) is 2.43. The number of carboxylic acid groups (broad SMARTS) is 1. The molecule has 0 saturated heterocycles. The van der Waals surface area contributed by atoms with Crippen LogP contribution in [0.25, 0.3) is 6.08 Å². The highest BCUT2D eigenvalue weighted by Gasteiger charge is 2.09. The predicted octanol–water partition coefficient (Wildman–Crippen LogP) is 3.42. The number of benzene rings is 1. The van der Waals surface area contributed by atoms with E-state index in [1.807, 2.05) is 0 Å². The largest absolute Gasteiger partial charge is 0.497 e. The van der Waals surface area contributed by atoms with Crippen molar-refractivity contribution in [2.45, 2.75) is 32.1 Å². The zero-order valence-corrected chi connectivity index (χ0v) is 15.4. The number of carboxylic acids is 1. The van der Waals surface area contributed by atoms with E-state index >= 15 is 0 Å². The molecular weight excluding hydrogens is 334 g/mol. The summed E-state index contributed by atoms with van der Waals surface area (Å²) >= 11 is 0. The Bertz CT molecular complexity index is 629. The number of aliphatic carboxylic acids is 1. The third kappa shape index (κ3) is 7.88. The van der Waals surface area contributed by atoms with E-state index in [9.17, 15) is 14.7 Å². The van der Waals surface area contributed by atoms with Crippen molar-refractivity contribution in [3.05, 3.63) is 42.0 Å². The Morgan fingerprint density at radius 1 is 1.08 bits per heavy atom. The van der Waals surface area contributed by atoms with Gasteiger partial charge in [-0.2, -0.15) is 0 Å². The molecule has 1 aromatic rings. The molecule has 1 rings (SSSR count). The summed E-state index contributed by atoms with van der Waals surface area (Å²) in [4.78, 5) is 22.5. The Labute approximate surface area is 154 Å².